The number of carbonyl (C=O) groups excluding carboxylic acids is 2. The van der Waals surface area contributed by atoms with Gasteiger partial charge in [0.25, 0.3) is 11.8 Å². The lowest BCUT2D eigenvalue weighted by atomic mass is 10.1. The Morgan fingerprint density at radius 2 is 2.00 bits per heavy atom. The molecule has 1 aliphatic rings. The highest BCUT2D eigenvalue weighted by molar-refractivity contribution is 7.09. The first-order valence-corrected chi connectivity index (χ1v) is 10.3. The molecular formula is C21H29FN2O4S. The zero-order chi connectivity index (χ0) is 21.6. The van der Waals surface area contributed by atoms with Crippen LogP contribution in [0.5, 0.6) is 0 Å². The molecule has 2 heterocycles. The van der Waals surface area contributed by atoms with E-state index in [0.717, 1.165) is 17.7 Å². The molecule has 1 saturated heterocycles. The van der Waals surface area contributed by atoms with E-state index in [0.29, 0.717) is 26.1 Å². The van der Waals surface area contributed by atoms with Gasteiger partial charge in [-0.15, -0.1) is 11.3 Å². The molecule has 29 heavy (non-hydrogen) atoms. The first-order valence-electron chi connectivity index (χ1n) is 9.43. The minimum Gasteiger partial charge on any atom is -0.380 e. The fourth-order valence-electron chi connectivity index (χ4n) is 2.54. The summed E-state index contributed by atoms with van der Waals surface area (Å²) in [5, 5.41) is 24.1. The maximum atomic E-state index is 11.9. The zero-order valence-electron chi connectivity index (χ0n) is 16.6. The van der Waals surface area contributed by atoms with Crippen molar-refractivity contribution in [2.24, 2.45) is 0 Å². The van der Waals surface area contributed by atoms with Crippen LogP contribution in [-0.2, 0) is 16.0 Å². The fourth-order valence-corrected chi connectivity index (χ4v) is 3.25. The Balaban J connectivity index is 0.000000447. The summed E-state index contributed by atoms with van der Waals surface area (Å²) < 4.78 is 11.8. The average molecular weight is 425 g/mol. The van der Waals surface area contributed by atoms with E-state index >= 15 is 0 Å². The highest BCUT2D eigenvalue weighted by atomic mass is 32.1. The summed E-state index contributed by atoms with van der Waals surface area (Å²) in [4.78, 5) is 26.2. The van der Waals surface area contributed by atoms with Crippen LogP contribution < -0.4 is 5.32 Å². The molecule has 160 valence electrons. The van der Waals surface area contributed by atoms with Crippen molar-refractivity contribution < 1.29 is 24.2 Å². The molecule has 1 fully saturated rings. The first kappa shape index (κ1) is 24.7. The standard InChI is InChI=1S/C14H20N2O4S.C7H9F/c17-11(12(18)14(20)16-7-1-2-8-16)13(19)15-6-5-10-4-3-9-21-10;1-3-4-5-6-7(2)8/h3-4,9,11-12,17-18H,1-2,5-8H2,(H,15,19);3-6H,1H2,2H3/b;5-4-,7-6+/t11-,12-;/m1./s1. The van der Waals surface area contributed by atoms with Gasteiger partial charge in [0.2, 0.25) is 0 Å². The van der Waals surface area contributed by atoms with Crippen LogP contribution in [-0.4, -0.2) is 58.8 Å². The second-order valence-corrected chi connectivity index (χ2v) is 7.45. The monoisotopic (exact) mass is 424 g/mol. The number of aliphatic hydroxyl groups excluding tert-OH is 2. The summed E-state index contributed by atoms with van der Waals surface area (Å²) in [7, 11) is 0. The lowest BCUT2D eigenvalue weighted by Crippen LogP contribution is -2.50. The molecular weight excluding hydrogens is 395 g/mol. The molecule has 8 heteroatoms. The van der Waals surface area contributed by atoms with E-state index < -0.39 is 24.0 Å². The lowest BCUT2D eigenvalue weighted by Gasteiger charge is -2.22. The highest BCUT2D eigenvalue weighted by Crippen LogP contribution is 2.11. The SMILES string of the molecule is C=C/C=C\C=C(/C)F.O=C(NCCc1cccs1)[C@H](O)[C@@H](O)C(=O)N1CCCC1. The molecule has 0 aliphatic carbocycles. The number of carbonyl (C=O) groups is 2. The average Bonchev–Trinajstić information content (AvgIpc) is 3.40. The van der Waals surface area contributed by atoms with Crippen LogP contribution in [0.4, 0.5) is 4.39 Å². The molecule has 0 unspecified atom stereocenters. The molecule has 6 nitrogen and oxygen atoms in total. The molecule has 0 spiro atoms. The van der Waals surface area contributed by atoms with E-state index in [4.69, 9.17) is 0 Å². The molecule has 1 aromatic rings. The number of thiophene rings is 1. The maximum absolute atomic E-state index is 11.9. The van der Waals surface area contributed by atoms with Crippen molar-refractivity contribution in [3.63, 3.8) is 0 Å². The van der Waals surface area contributed by atoms with Gasteiger partial charge in [0.1, 0.15) is 0 Å². The summed E-state index contributed by atoms with van der Waals surface area (Å²) >= 11 is 1.59. The number of hydrogen-bond donors (Lipinski definition) is 3. The van der Waals surface area contributed by atoms with Crippen molar-refractivity contribution in [2.45, 2.75) is 38.4 Å². The van der Waals surface area contributed by atoms with Crippen molar-refractivity contribution in [2.75, 3.05) is 19.6 Å². The van der Waals surface area contributed by atoms with Gasteiger partial charge >= 0.3 is 0 Å². The molecule has 0 radical (unpaired) electrons. The third-order valence-electron chi connectivity index (χ3n) is 4.06. The van der Waals surface area contributed by atoms with E-state index in [2.05, 4.69) is 11.9 Å². The maximum Gasteiger partial charge on any atom is 0.254 e. The molecule has 1 aromatic heterocycles. The van der Waals surface area contributed by atoms with E-state index in [1.54, 1.807) is 29.6 Å². The van der Waals surface area contributed by atoms with Crippen molar-refractivity contribution in [3.05, 3.63) is 59.1 Å². The predicted molar refractivity (Wildman–Crippen MR) is 113 cm³/mol. The van der Waals surface area contributed by atoms with Crippen molar-refractivity contribution in [3.8, 4) is 0 Å². The molecule has 0 aromatic carbocycles. The van der Waals surface area contributed by atoms with Gasteiger partial charge in [0.15, 0.2) is 12.2 Å². The topological polar surface area (TPSA) is 89.9 Å². The van der Waals surface area contributed by atoms with E-state index in [1.807, 2.05) is 17.5 Å². The summed E-state index contributed by atoms with van der Waals surface area (Å²) in [6.45, 7) is 6.32. The third kappa shape index (κ3) is 9.65. The third-order valence-corrected chi connectivity index (χ3v) is 5.00. The number of allylic oxidation sites excluding steroid dienone is 5. The number of rotatable bonds is 8. The van der Waals surface area contributed by atoms with Gasteiger partial charge in [-0.2, -0.15) is 0 Å². The Hall–Kier alpha value is -2.29. The van der Waals surface area contributed by atoms with Crippen molar-refractivity contribution >= 4 is 23.2 Å². The molecule has 1 aliphatic heterocycles. The highest BCUT2D eigenvalue weighted by Gasteiger charge is 2.34. The van der Waals surface area contributed by atoms with Gasteiger partial charge in [-0.3, -0.25) is 9.59 Å². The Morgan fingerprint density at radius 3 is 2.55 bits per heavy atom. The van der Waals surface area contributed by atoms with Gasteiger partial charge in [0, 0.05) is 24.5 Å². The van der Waals surface area contributed by atoms with Gasteiger partial charge in [-0.25, -0.2) is 4.39 Å². The van der Waals surface area contributed by atoms with E-state index in [-0.39, 0.29) is 5.83 Å². The largest absolute Gasteiger partial charge is 0.380 e. The van der Waals surface area contributed by atoms with E-state index in [1.165, 1.54) is 17.9 Å². The number of nitrogens with one attached hydrogen (secondary N) is 1. The van der Waals surface area contributed by atoms with Crippen LogP contribution in [0.1, 0.15) is 24.6 Å². The minimum atomic E-state index is -1.72. The van der Waals surface area contributed by atoms with Gasteiger partial charge < -0.3 is 20.4 Å². The quantitative estimate of drug-likeness (QED) is 0.559. The molecule has 3 N–H and O–H groups in total. The van der Waals surface area contributed by atoms with Gasteiger partial charge in [-0.1, -0.05) is 30.9 Å². The van der Waals surface area contributed by atoms with Crippen LogP contribution >= 0.6 is 11.3 Å². The Labute approximate surface area is 175 Å². The molecule has 2 amide bonds. The van der Waals surface area contributed by atoms with Crippen molar-refractivity contribution in [1.29, 1.82) is 0 Å². The van der Waals surface area contributed by atoms with Gasteiger partial charge in [-0.05, 0) is 43.7 Å². The summed E-state index contributed by atoms with van der Waals surface area (Å²) in [5.74, 6) is -1.48. The predicted octanol–water partition coefficient (Wildman–Crippen LogP) is 2.35. The smallest absolute Gasteiger partial charge is 0.254 e. The number of hydrogen-bond acceptors (Lipinski definition) is 5. The summed E-state index contributed by atoms with van der Waals surface area (Å²) in [6, 6.07) is 3.88. The van der Waals surface area contributed by atoms with E-state index in [9.17, 15) is 24.2 Å². The first-order chi connectivity index (χ1) is 13.9. The minimum absolute atomic E-state index is 0.192. The Bertz CT molecular complexity index is 694. The molecule has 2 rings (SSSR count). The summed E-state index contributed by atoms with van der Waals surface area (Å²) in [5.41, 5.74) is 0. The molecule has 0 saturated carbocycles. The fraction of sp³-hybridized carbons (Fsp3) is 0.429. The Morgan fingerprint density at radius 1 is 1.31 bits per heavy atom. The lowest BCUT2D eigenvalue weighted by molar-refractivity contribution is -0.152. The second kappa shape index (κ2) is 13.8. The van der Waals surface area contributed by atoms with Crippen LogP contribution in [0, 0.1) is 0 Å². The molecule has 0 bridgehead atoms. The van der Waals surface area contributed by atoms with Gasteiger partial charge in [0.05, 0.1) is 5.83 Å². The number of aliphatic hydroxyl groups is 2. The Kier molecular flexibility index (Phi) is 11.8. The van der Waals surface area contributed by atoms with Crippen LogP contribution in [0.15, 0.2) is 54.2 Å². The number of nitrogens with zero attached hydrogens (tertiary/aromatic N) is 1. The normalized spacial score (nSPS) is 16.1. The number of amides is 2. The second-order valence-electron chi connectivity index (χ2n) is 6.42. The number of halogens is 1. The molecule has 2 atom stereocenters. The van der Waals surface area contributed by atoms with Crippen LogP contribution in [0.3, 0.4) is 0 Å². The van der Waals surface area contributed by atoms with Crippen LogP contribution in [0.2, 0.25) is 0 Å². The zero-order valence-corrected chi connectivity index (χ0v) is 17.4. The number of likely N-dealkylation sites (tertiary alicyclic amines) is 1. The van der Waals surface area contributed by atoms with Crippen molar-refractivity contribution in [1.82, 2.24) is 10.2 Å². The summed E-state index contributed by atoms with van der Waals surface area (Å²) in [6.07, 6.45) is 5.27. The van der Waals surface area contributed by atoms with Crippen LogP contribution in [0.25, 0.3) is 0 Å².